The number of hydrogen-bond acceptors (Lipinski definition) is 2. The summed E-state index contributed by atoms with van der Waals surface area (Å²) in [5.74, 6) is -12.1. The number of hydrogen-bond donors (Lipinski definition) is 0. The van der Waals surface area contributed by atoms with Crippen molar-refractivity contribution in [2.24, 2.45) is 0 Å². The van der Waals surface area contributed by atoms with Crippen molar-refractivity contribution in [3.63, 3.8) is 0 Å². The zero-order valence-corrected chi connectivity index (χ0v) is 12.1. The molecule has 0 saturated heterocycles. The molecule has 1 heterocycles. The molecule has 0 bridgehead atoms. The highest BCUT2D eigenvalue weighted by atomic mass is 79.9. The first kappa shape index (κ1) is 15.1. The molecular formula is C12H4BrF5OS. The van der Waals surface area contributed by atoms with Crippen molar-refractivity contribution in [3.8, 4) is 0 Å². The van der Waals surface area contributed by atoms with Gasteiger partial charge in [0, 0.05) is 10.4 Å². The molecule has 0 radical (unpaired) electrons. The van der Waals surface area contributed by atoms with Gasteiger partial charge in [0.15, 0.2) is 29.1 Å². The molecule has 2 rings (SSSR count). The van der Waals surface area contributed by atoms with E-state index in [9.17, 15) is 26.7 Å². The van der Waals surface area contributed by atoms with Crippen LogP contribution in [0, 0.1) is 36.0 Å². The minimum atomic E-state index is -2.29. The molecule has 0 saturated carbocycles. The Morgan fingerprint density at radius 2 is 1.45 bits per heavy atom. The third kappa shape index (κ3) is 2.26. The summed E-state index contributed by atoms with van der Waals surface area (Å²) in [5, 5.41) is 0. The van der Waals surface area contributed by atoms with E-state index in [1.807, 2.05) is 0 Å². The third-order valence-electron chi connectivity index (χ3n) is 2.57. The van der Waals surface area contributed by atoms with E-state index < -0.39 is 40.4 Å². The third-order valence-corrected chi connectivity index (χ3v) is 4.12. The van der Waals surface area contributed by atoms with Gasteiger partial charge < -0.3 is 0 Å². The average Bonchev–Trinajstić information content (AvgIpc) is 2.73. The average molecular weight is 371 g/mol. The van der Waals surface area contributed by atoms with Crippen molar-refractivity contribution >= 4 is 33.0 Å². The summed E-state index contributed by atoms with van der Waals surface area (Å²) < 4.78 is 66.6. The minimum Gasteiger partial charge on any atom is -0.288 e. The normalized spacial score (nSPS) is 10.9. The molecule has 1 aromatic carbocycles. The fourth-order valence-electron chi connectivity index (χ4n) is 1.61. The van der Waals surface area contributed by atoms with E-state index in [1.165, 1.54) is 13.0 Å². The maximum Gasteiger partial charge on any atom is 0.200 e. The van der Waals surface area contributed by atoms with Crippen LogP contribution in [-0.2, 0) is 0 Å². The summed E-state index contributed by atoms with van der Waals surface area (Å²) in [5.41, 5.74) is -1.57. The second kappa shape index (κ2) is 5.25. The van der Waals surface area contributed by atoms with Gasteiger partial charge in [0.2, 0.25) is 5.82 Å². The zero-order chi connectivity index (χ0) is 15.2. The van der Waals surface area contributed by atoms with Crippen LogP contribution in [0.1, 0.15) is 20.8 Å². The molecule has 1 nitrogen and oxygen atoms in total. The lowest BCUT2D eigenvalue weighted by atomic mass is 10.0. The minimum absolute atomic E-state index is 0.120. The smallest absolute Gasteiger partial charge is 0.200 e. The number of carbonyl (C=O) groups is 1. The zero-order valence-electron chi connectivity index (χ0n) is 9.66. The van der Waals surface area contributed by atoms with Gasteiger partial charge in [0.25, 0.3) is 0 Å². The molecule has 2 aromatic rings. The first-order chi connectivity index (χ1) is 9.25. The quantitative estimate of drug-likeness (QED) is 0.323. The topological polar surface area (TPSA) is 17.1 Å². The molecule has 0 atom stereocenters. The Balaban J connectivity index is 2.70. The van der Waals surface area contributed by atoms with Crippen LogP contribution in [0.15, 0.2) is 9.85 Å². The van der Waals surface area contributed by atoms with Crippen LogP contribution < -0.4 is 0 Å². The van der Waals surface area contributed by atoms with Gasteiger partial charge in [-0.15, -0.1) is 11.3 Å². The Kier molecular flexibility index (Phi) is 3.97. The fourth-order valence-corrected chi connectivity index (χ4v) is 3.30. The van der Waals surface area contributed by atoms with Gasteiger partial charge in [-0.1, -0.05) is 0 Å². The number of carbonyl (C=O) groups excluding carboxylic acids is 1. The van der Waals surface area contributed by atoms with Crippen LogP contribution in [0.3, 0.4) is 0 Å². The molecule has 0 aliphatic rings. The molecule has 0 aliphatic heterocycles. The second-order valence-corrected chi connectivity index (χ2v) is 6.43. The van der Waals surface area contributed by atoms with E-state index >= 15 is 0 Å². The van der Waals surface area contributed by atoms with Crippen molar-refractivity contribution in [2.45, 2.75) is 6.92 Å². The highest BCUT2D eigenvalue weighted by Gasteiger charge is 2.31. The van der Waals surface area contributed by atoms with Crippen molar-refractivity contribution in [1.29, 1.82) is 0 Å². The lowest BCUT2D eigenvalue weighted by Gasteiger charge is -2.07. The molecule has 0 unspecified atom stereocenters. The lowest BCUT2D eigenvalue weighted by Crippen LogP contribution is -2.13. The lowest BCUT2D eigenvalue weighted by molar-refractivity contribution is 0.102. The van der Waals surface area contributed by atoms with Crippen molar-refractivity contribution in [1.82, 2.24) is 0 Å². The molecule has 0 fully saturated rings. The second-order valence-electron chi connectivity index (χ2n) is 3.79. The van der Waals surface area contributed by atoms with E-state index in [-0.39, 0.29) is 5.56 Å². The summed E-state index contributed by atoms with van der Waals surface area (Å²) in [6.07, 6.45) is 0. The van der Waals surface area contributed by atoms with Crippen LogP contribution in [0.4, 0.5) is 22.0 Å². The van der Waals surface area contributed by atoms with Gasteiger partial charge in [0.1, 0.15) is 5.56 Å². The number of ketones is 1. The Hall–Kier alpha value is -1.28. The molecule has 0 N–H and O–H groups in total. The summed E-state index contributed by atoms with van der Waals surface area (Å²) in [6.45, 7) is 1.49. The Morgan fingerprint density at radius 3 is 1.85 bits per heavy atom. The van der Waals surface area contributed by atoms with E-state index in [0.717, 1.165) is 11.3 Å². The van der Waals surface area contributed by atoms with Gasteiger partial charge >= 0.3 is 0 Å². The molecule has 20 heavy (non-hydrogen) atoms. The maximum atomic E-state index is 13.5. The molecular weight excluding hydrogens is 367 g/mol. The van der Waals surface area contributed by atoms with E-state index in [0.29, 0.717) is 8.66 Å². The van der Waals surface area contributed by atoms with E-state index in [4.69, 9.17) is 0 Å². The number of halogens is 6. The highest BCUT2D eigenvalue weighted by molar-refractivity contribution is 9.11. The number of benzene rings is 1. The Labute approximate surface area is 122 Å². The van der Waals surface area contributed by atoms with Crippen molar-refractivity contribution in [3.05, 3.63) is 54.9 Å². The summed E-state index contributed by atoms with van der Waals surface area (Å²) in [6, 6.07) is 1.26. The van der Waals surface area contributed by atoms with Gasteiger partial charge in [-0.3, -0.25) is 4.79 Å². The molecule has 0 aliphatic carbocycles. The highest BCUT2D eigenvalue weighted by Crippen LogP contribution is 2.31. The summed E-state index contributed by atoms with van der Waals surface area (Å²) in [4.78, 5) is 12.4. The molecule has 0 amide bonds. The van der Waals surface area contributed by atoms with Gasteiger partial charge in [-0.05, 0) is 28.9 Å². The van der Waals surface area contributed by atoms with Crippen LogP contribution >= 0.6 is 27.3 Å². The summed E-state index contributed by atoms with van der Waals surface area (Å²) >= 11 is 4.18. The largest absolute Gasteiger partial charge is 0.288 e. The molecule has 0 spiro atoms. The number of thiophene rings is 1. The molecule has 1 aromatic heterocycles. The standard InChI is InChI=1S/C12H4BrF5OS/c1-3-4(2-5(13)20-3)12(19)6-7(14)9(16)11(18)10(17)8(6)15/h2H,1H3. The van der Waals surface area contributed by atoms with Gasteiger partial charge in [0.05, 0.1) is 3.79 Å². The van der Waals surface area contributed by atoms with Crippen molar-refractivity contribution < 1.29 is 26.7 Å². The fraction of sp³-hybridized carbons (Fsp3) is 0.0833. The van der Waals surface area contributed by atoms with E-state index in [2.05, 4.69) is 15.9 Å². The Morgan fingerprint density at radius 1 is 1.00 bits per heavy atom. The molecule has 106 valence electrons. The summed E-state index contributed by atoms with van der Waals surface area (Å²) in [7, 11) is 0. The Bertz CT molecular complexity index is 696. The number of rotatable bonds is 2. The maximum absolute atomic E-state index is 13.5. The van der Waals surface area contributed by atoms with Gasteiger partial charge in [-0.25, -0.2) is 22.0 Å². The van der Waals surface area contributed by atoms with Crippen LogP contribution in [-0.4, -0.2) is 5.78 Å². The van der Waals surface area contributed by atoms with Crippen LogP contribution in [0.25, 0.3) is 0 Å². The SMILES string of the molecule is Cc1sc(Br)cc1C(=O)c1c(F)c(F)c(F)c(F)c1F. The van der Waals surface area contributed by atoms with Crippen LogP contribution in [0.5, 0.6) is 0 Å². The van der Waals surface area contributed by atoms with Crippen molar-refractivity contribution in [2.75, 3.05) is 0 Å². The first-order valence-corrected chi connectivity index (χ1v) is 6.68. The van der Waals surface area contributed by atoms with Gasteiger partial charge in [-0.2, -0.15) is 0 Å². The monoisotopic (exact) mass is 370 g/mol. The first-order valence-electron chi connectivity index (χ1n) is 5.07. The molecule has 8 heteroatoms. The van der Waals surface area contributed by atoms with E-state index in [1.54, 1.807) is 0 Å². The van der Waals surface area contributed by atoms with Crippen LogP contribution in [0.2, 0.25) is 0 Å². The predicted molar refractivity (Wildman–Crippen MR) is 66.4 cm³/mol. The number of aryl methyl sites for hydroxylation is 1. The predicted octanol–water partition coefficient (Wildman–Crippen LogP) is 4.75.